The minimum absolute atomic E-state index is 0.156. The number of aromatic nitrogens is 3. The third-order valence-corrected chi connectivity index (χ3v) is 7.09. The van der Waals surface area contributed by atoms with Crippen molar-refractivity contribution in [1.82, 2.24) is 19.5 Å². The topological polar surface area (TPSA) is 108 Å². The molecule has 1 atom stereocenters. The molecule has 156 valence electrons. The zero-order valence-electron chi connectivity index (χ0n) is 16.1. The first-order valence-electron chi connectivity index (χ1n) is 9.79. The van der Waals surface area contributed by atoms with E-state index < -0.39 is 16.1 Å². The predicted molar refractivity (Wildman–Crippen MR) is 105 cm³/mol. The number of rotatable bonds is 4. The zero-order valence-corrected chi connectivity index (χ0v) is 16.9. The van der Waals surface area contributed by atoms with E-state index >= 15 is 0 Å². The van der Waals surface area contributed by atoms with E-state index in [2.05, 4.69) is 15.2 Å². The lowest BCUT2D eigenvalue weighted by Crippen LogP contribution is -2.38. The van der Waals surface area contributed by atoms with Gasteiger partial charge in [-0.25, -0.2) is 8.42 Å². The second-order valence-electron chi connectivity index (χ2n) is 7.09. The summed E-state index contributed by atoms with van der Waals surface area (Å²) >= 11 is 0. The van der Waals surface area contributed by atoms with Gasteiger partial charge >= 0.3 is 0 Å². The highest BCUT2D eigenvalue weighted by Gasteiger charge is 2.38. The van der Waals surface area contributed by atoms with Crippen molar-refractivity contribution in [2.75, 3.05) is 19.8 Å². The number of nitrogens with zero attached hydrogens (tertiary/aromatic N) is 4. The molecule has 0 N–H and O–H groups in total. The summed E-state index contributed by atoms with van der Waals surface area (Å²) < 4.78 is 45.2. The molecule has 2 aromatic heterocycles. The number of hydrogen-bond donors (Lipinski definition) is 0. The Morgan fingerprint density at radius 1 is 1.00 bits per heavy atom. The smallest absolute Gasteiger partial charge is 0.266 e. The standard InChI is InChI=1S/C20H20N4O5S/c25-30(26,14-7-8-17-18(13-14)28-12-11-27-17)24-10-4-2-6-16(24)20-23-22-19(29-20)15-5-1-3-9-21-15/h1,3,5,7-9,13,16H,2,4,6,10-12H2/t16-/m0/s1. The Balaban J connectivity index is 1.47. The average molecular weight is 428 g/mol. The molecule has 9 nitrogen and oxygen atoms in total. The molecule has 0 aliphatic carbocycles. The molecule has 3 aromatic rings. The van der Waals surface area contributed by atoms with Crippen molar-refractivity contribution in [3.05, 3.63) is 48.5 Å². The molecule has 30 heavy (non-hydrogen) atoms. The second-order valence-corrected chi connectivity index (χ2v) is 8.98. The number of ether oxygens (including phenoxy) is 2. The van der Waals surface area contributed by atoms with Crippen LogP contribution in [-0.4, -0.2) is 47.7 Å². The van der Waals surface area contributed by atoms with Gasteiger partial charge in [0, 0.05) is 18.8 Å². The van der Waals surface area contributed by atoms with Crippen molar-refractivity contribution in [3.63, 3.8) is 0 Å². The average Bonchev–Trinajstić information content (AvgIpc) is 3.29. The highest BCUT2D eigenvalue weighted by molar-refractivity contribution is 7.89. The Morgan fingerprint density at radius 2 is 1.87 bits per heavy atom. The van der Waals surface area contributed by atoms with E-state index in [0.29, 0.717) is 43.4 Å². The number of hydrogen-bond acceptors (Lipinski definition) is 8. The van der Waals surface area contributed by atoms with Crippen molar-refractivity contribution in [2.24, 2.45) is 0 Å². The fourth-order valence-electron chi connectivity index (χ4n) is 3.72. The van der Waals surface area contributed by atoms with Gasteiger partial charge in [0.2, 0.25) is 15.9 Å². The Labute approximate surface area is 173 Å². The van der Waals surface area contributed by atoms with Gasteiger partial charge in [0.15, 0.2) is 11.5 Å². The van der Waals surface area contributed by atoms with Gasteiger partial charge in [-0.3, -0.25) is 4.98 Å². The van der Waals surface area contributed by atoms with Crippen molar-refractivity contribution in [2.45, 2.75) is 30.2 Å². The van der Waals surface area contributed by atoms with Crippen LogP contribution >= 0.6 is 0 Å². The molecule has 5 rings (SSSR count). The van der Waals surface area contributed by atoms with Crippen molar-refractivity contribution < 1.29 is 22.3 Å². The highest BCUT2D eigenvalue weighted by Crippen LogP contribution is 2.38. The largest absolute Gasteiger partial charge is 0.486 e. The summed E-state index contributed by atoms with van der Waals surface area (Å²) in [6.45, 7) is 1.22. The molecule has 0 saturated carbocycles. The van der Waals surface area contributed by atoms with Gasteiger partial charge in [0.25, 0.3) is 5.89 Å². The molecule has 0 radical (unpaired) electrons. The van der Waals surface area contributed by atoms with E-state index in [1.807, 2.05) is 6.07 Å². The first kappa shape index (κ1) is 19.0. The lowest BCUT2D eigenvalue weighted by molar-refractivity contribution is 0.171. The molecule has 1 saturated heterocycles. The molecular weight excluding hydrogens is 408 g/mol. The number of pyridine rings is 1. The van der Waals surface area contributed by atoms with Crippen LogP contribution in [0.5, 0.6) is 11.5 Å². The lowest BCUT2D eigenvalue weighted by Gasteiger charge is -2.32. The molecule has 10 heteroatoms. The van der Waals surface area contributed by atoms with Crippen molar-refractivity contribution in [3.8, 4) is 23.1 Å². The SMILES string of the molecule is O=S(=O)(c1ccc2c(c1)OCCO2)N1CCCC[C@H]1c1nnc(-c2ccccn2)o1. The second kappa shape index (κ2) is 7.69. The predicted octanol–water partition coefficient (Wildman–Crippen LogP) is 2.82. The maximum absolute atomic E-state index is 13.5. The molecule has 0 amide bonds. The minimum Gasteiger partial charge on any atom is -0.486 e. The molecule has 2 aliphatic heterocycles. The van der Waals surface area contributed by atoms with E-state index in [9.17, 15) is 8.42 Å². The molecule has 0 unspecified atom stereocenters. The van der Waals surface area contributed by atoms with Gasteiger partial charge in [0.1, 0.15) is 24.9 Å². The van der Waals surface area contributed by atoms with E-state index in [1.54, 1.807) is 30.5 Å². The molecular formula is C20H20N4O5S. The normalized spacial score (nSPS) is 19.5. The minimum atomic E-state index is -3.79. The summed E-state index contributed by atoms with van der Waals surface area (Å²) in [5.41, 5.74) is 0.549. The van der Waals surface area contributed by atoms with Gasteiger partial charge in [0.05, 0.1) is 4.90 Å². The number of piperidine rings is 1. The van der Waals surface area contributed by atoms with Gasteiger partial charge in [-0.1, -0.05) is 12.5 Å². The Bertz CT molecular complexity index is 1150. The Morgan fingerprint density at radius 3 is 2.70 bits per heavy atom. The Kier molecular flexibility index (Phi) is 4.87. The van der Waals surface area contributed by atoms with E-state index in [4.69, 9.17) is 13.9 Å². The fraction of sp³-hybridized carbons (Fsp3) is 0.350. The molecule has 4 heterocycles. The zero-order chi connectivity index (χ0) is 20.6. The summed E-state index contributed by atoms with van der Waals surface area (Å²) in [5.74, 6) is 1.53. The maximum Gasteiger partial charge on any atom is 0.266 e. The molecule has 1 fully saturated rings. The van der Waals surface area contributed by atoms with Crippen LogP contribution in [0.4, 0.5) is 0 Å². The van der Waals surface area contributed by atoms with Crippen molar-refractivity contribution >= 4 is 10.0 Å². The van der Waals surface area contributed by atoms with Crippen LogP contribution < -0.4 is 9.47 Å². The molecule has 0 spiro atoms. The summed E-state index contributed by atoms with van der Waals surface area (Å²) in [6.07, 6.45) is 3.88. The van der Waals surface area contributed by atoms with Crippen LogP contribution in [0, 0.1) is 0 Å². The summed E-state index contributed by atoms with van der Waals surface area (Å²) in [6, 6.07) is 9.55. The maximum atomic E-state index is 13.5. The summed E-state index contributed by atoms with van der Waals surface area (Å²) in [7, 11) is -3.79. The van der Waals surface area contributed by atoms with Crippen molar-refractivity contribution in [1.29, 1.82) is 0 Å². The first-order valence-corrected chi connectivity index (χ1v) is 11.2. The van der Waals surface area contributed by atoms with Crippen LogP contribution in [0.3, 0.4) is 0 Å². The van der Waals surface area contributed by atoms with Crippen LogP contribution in [0.25, 0.3) is 11.6 Å². The molecule has 1 aromatic carbocycles. The van der Waals surface area contributed by atoms with Gasteiger partial charge in [-0.2, -0.15) is 4.31 Å². The highest BCUT2D eigenvalue weighted by atomic mass is 32.2. The van der Waals surface area contributed by atoms with Crippen LogP contribution in [-0.2, 0) is 10.0 Å². The van der Waals surface area contributed by atoms with E-state index in [-0.39, 0.29) is 16.7 Å². The Hall–Kier alpha value is -2.98. The number of fused-ring (bicyclic) bond motifs is 1. The van der Waals surface area contributed by atoms with Crippen LogP contribution in [0.15, 0.2) is 51.9 Å². The van der Waals surface area contributed by atoms with Gasteiger partial charge in [-0.05, 0) is 37.1 Å². The molecule has 0 bridgehead atoms. The number of sulfonamides is 1. The fourth-order valence-corrected chi connectivity index (χ4v) is 5.39. The third kappa shape index (κ3) is 3.41. The van der Waals surface area contributed by atoms with Gasteiger partial charge < -0.3 is 13.9 Å². The van der Waals surface area contributed by atoms with E-state index in [1.165, 1.54) is 10.4 Å². The number of benzene rings is 1. The lowest BCUT2D eigenvalue weighted by atomic mass is 10.1. The summed E-state index contributed by atoms with van der Waals surface area (Å²) in [4.78, 5) is 4.37. The molecule has 2 aliphatic rings. The monoisotopic (exact) mass is 428 g/mol. The van der Waals surface area contributed by atoms with Crippen LogP contribution in [0.2, 0.25) is 0 Å². The van der Waals surface area contributed by atoms with Crippen LogP contribution in [0.1, 0.15) is 31.2 Å². The summed E-state index contributed by atoms with van der Waals surface area (Å²) in [5, 5.41) is 8.21. The third-order valence-electron chi connectivity index (χ3n) is 5.18. The van der Waals surface area contributed by atoms with E-state index in [0.717, 1.165) is 12.8 Å². The first-order chi connectivity index (χ1) is 14.6. The van der Waals surface area contributed by atoms with Gasteiger partial charge in [-0.15, -0.1) is 10.2 Å². The quantitative estimate of drug-likeness (QED) is 0.624.